The number of nitrogens with zero attached hydrogens (tertiary/aromatic N) is 4. The van der Waals surface area contributed by atoms with Gasteiger partial charge >= 0.3 is 0 Å². The fourth-order valence-corrected chi connectivity index (χ4v) is 3.12. The summed E-state index contributed by atoms with van der Waals surface area (Å²) in [4.78, 5) is 14.1. The zero-order valence-electron chi connectivity index (χ0n) is 15.7. The molecule has 0 aliphatic carbocycles. The average molecular weight is 348 g/mol. The third-order valence-corrected chi connectivity index (χ3v) is 4.44. The van der Waals surface area contributed by atoms with Crippen LogP contribution in [0.3, 0.4) is 0 Å². The van der Waals surface area contributed by atoms with Crippen molar-refractivity contribution in [2.24, 2.45) is 7.05 Å². The highest BCUT2D eigenvalue weighted by Gasteiger charge is 2.10. The van der Waals surface area contributed by atoms with E-state index in [0.717, 1.165) is 28.2 Å². The molecule has 1 aromatic carbocycles. The van der Waals surface area contributed by atoms with Crippen molar-refractivity contribution in [3.05, 3.63) is 77.4 Å². The van der Waals surface area contributed by atoms with Crippen molar-refractivity contribution in [2.45, 2.75) is 20.4 Å². The maximum atomic E-state index is 12.4. The fourth-order valence-electron chi connectivity index (χ4n) is 3.12. The van der Waals surface area contributed by atoms with Gasteiger partial charge in [-0.05, 0) is 43.7 Å². The van der Waals surface area contributed by atoms with E-state index in [2.05, 4.69) is 41.7 Å². The molecule has 3 aromatic rings. The lowest BCUT2D eigenvalue weighted by Crippen LogP contribution is -2.23. The molecular formula is C21H24N4O. The highest BCUT2D eigenvalue weighted by atomic mass is 16.2. The third-order valence-electron chi connectivity index (χ3n) is 4.44. The van der Waals surface area contributed by atoms with Crippen LogP contribution >= 0.6 is 0 Å². The van der Waals surface area contributed by atoms with E-state index >= 15 is 0 Å². The molecule has 0 unspecified atom stereocenters. The SMILES string of the molecule is Cc1cc(/C=C/C(=O)N(C)Cc2cnn(C)c2)c(C)n1-c1ccccc1. The van der Waals surface area contributed by atoms with Crippen LogP contribution in [0.1, 0.15) is 22.5 Å². The maximum absolute atomic E-state index is 12.4. The van der Waals surface area contributed by atoms with E-state index in [1.54, 1.807) is 28.9 Å². The second kappa shape index (κ2) is 7.44. The van der Waals surface area contributed by atoms with Gasteiger partial charge in [0.15, 0.2) is 0 Å². The molecule has 0 spiro atoms. The molecule has 0 fully saturated rings. The summed E-state index contributed by atoms with van der Waals surface area (Å²) >= 11 is 0. The largest absolute Gasteiger partial charge is 0.338 e. The number of hydrogen-bond donors (Lipinski definition) is 0. The molecule has 0 radical (unpaired) electrons. The van der Waals surface area contributed by atoms with E-state index in [9.17, 15) is 4.79 Å². The number of benzene rings is 1. The number of likely N-dealkylation sites (N-methyl/N-ethyl adjacent to an activating group) is 1. The molecule has 5 nitrogen and oxygen atoms in total. The summed E-state index contributed by atoms with van der Waals surface area (Å²) in [6.07, 6.45) is 7.22. The first-order valence-electron chi connectivity index (χ1n) is 8.61. The zero-order valence-corrected chi connectivity index (χ0v) is 15.7. The number of amides is 1. The van der Waals surface area contributed by atoms with Gasteiger partial charge in [-0.15, -0.1) is 0 Å². The van der Waals surface area contributed by atoms with Crippen molar-refractivity contribution in [1.82, 2.24) is 19.2 Å². The van der Waals surface area contributed by atoms with Crippen LogP contribution in [0.25, 0.3) is 11.8 Å². The summed E-state index contributed by atoms with van der Waals surface area (Å²) in [6.45, 7) is 4.69. The minimum absolute atomic E-state index is 0.0293. The molecule has 5 heteroatoms. The Morgan fingerprint density at radius 3 is 2.62 bits per heavy atom. The number of carbonyl (C=O) groups is 1. The standard InChI is InChI=1S/C21H24N4O/c1-16-12-19(17(2)25(16)20-8-6-5-7-9-20)10-11-21(26)23(3)14-18-13-22-24(4)15-18/h5-13,15H,14H2,1-4H3/b11-10+. The normalized spacial score (nSPS) is 11.2. The maximum Gasteiger partial charge on any atom is 0.246 e. The Hall–Kier alpha value is -3.08. The van der Waals surface area contributed by atoms with Crippen LogP contribution in [0, 0.1) is 13.8 Å². The number of carbonyl (C=O) groups excluding carboxylic acids is 1. The zero-order chi connectivity index (χ0) is 18.7. The molecule has 0 atom stereocenters. The molecule has 0 saturated carbocycles. The quantitative estimate of drug-likeness (QED) is 0.662. The minimum atomic E-state index is -0.0293. The van der Waals surface area contributed by atoms with Crippen LogP contribution < -0.4 is 0 Å². The Balaban J connectivity index is 1.75. The molecule has 2 aromatic heterocycles. The van der Waals surface area contributed by atoms with Crippen LogP contribution in [0.5, 0.6) is 0 Å². The lowest BCUT2D eigenvalue weighted by molar-refractivity contribution is -0.125. The van der Waals surface area contributed by atoms with Gasteiger partial charge in [0.05, 0.1) is 6.20 Å². The van der Waals surface area contributed by atoms with Crippen LogP contribution in [0.15, 0.2) is 54.9 Å². The summed E-state index contributed by atoms with van der Waals surface area (Å²) in [5.74, 6) is -0.0293. The van der Waals surface area contributed by atoms with Crippen molar-refractivity contribution >= 4 is 12.0 Å². The summed E-state index contributed by atoms with van der Waals surface area (Å²) < 4.78 is 3.94. The van der Waals surface area contributed by atoms with E-state index in [4.69, 9.17) is 0 Å². The number of aryl methyl sites for hydroxylation is 2. The first kappa shape index (κ1) is 17.7. The Morgan fingerprint density at radius 1 is 1.23 bits per heavy atom. The molecule has 0 saturated heterocycles. The molecule has 3 rings (SSSR count). The Labute approximate surface area is 154 Å². The lowest BCUT2D eigenvalue weighted by Gasteiger charge is -2.13. The Morgan fingerprint density at radius 2 is 1.96 bits per heavy atom. The van der Waals surface area contributed by atoms with Gasteiger partial charge in [0, 0.05) is 55.6 Å². The first-order valence-corrected chi connectivity index (χ1v) is 8.61. The van der Waals surface area contributed by atoms with Crippen molar-refractivity contribution in [1.29, 1.82) is 0 Å². The predicted molar refractivity (Wildman–Crippen MR) is 104 cm³/mol. The van der Waals surface area contributed by atoms with Gasteiger partial charge in [-0.3, -0.25) is 9.48 Å². The Bertz CT molecular complexity index is 934. The summed E-state index contributed by atoms with van der Waals surface area (Å²) in [5, 5.41) is 4.13. The number of aromatic nitrogens is 3. The van der Waals surface area contributed by atoms with Crippen molar-refractivity contribution < 1.29 is 4.79 Å². The molecule has 0 aliphatic heterocycles. The van der Waals surface area contributed by atoms with Crippen molar-refractivity contribution in [3.63, 3.8) is 0 Å². The molecule has 0 aliphatic rings. The van der Waals surface area contributed by atoms with Crippen LogP contribution in [-0.2, 0) is 18.4 Å². The minimum Gasteiger partial charge on any atom is -0.338 e. The van der Waals surface area contributed by atoms with Gasteiger partial charge in [0.2, 0.25) is 5.91 Å². The van der Waals surface area contributed by atoms with Gasteiger partial charge < -0.3 is 9.47 Å². The van der Waals surface area contributed by atoms with Gasteiger partial charge in [-0.25, -0.2) is 0 Å². The van der Waals surface area contributed by atoms with Crippen molar-refractivity contribution in [2.75, 3.05) is 7.05 Å². The monoisotopic (exact) mass is 348 g/mol. The molecule has 1 amide bonds. The highest BCUT2D eigenvalue weighted by Crippen LogP contribution is 2.21. The molecule has 0 N–H and O–H groups in total. The summed E-state index contributed by atoms with van der Waals surface area (Å²) in [5.41, 5.74) is 5.45. The van der Waals surface area contributed by atoms with Gasteiger partial charge in [-0.2, -0.15) is 5.10 Å². The third kappa shape index (κ3) is 3.77. The van der Waals surface area contributed by atoms with Crippen LogP contribution in [-0.4, -0.2) is 32.2 Å². The molecule has 0 bridgehead atoms. The van der Waals surface area contributed by atoms with E-state index in [-0.39, 0.29) is 5.91 Å². The fraction of sp³-hybridized carbons (Fsp3) is 0.238. The summed E-state index contributed by atoms with van der Waals surface area (Å²) in [7, 11) is 3.67. The smallest absolute Gasteiger partial charge is 0.246 e. The Kier molecular flexibility index (Phi) is 5.07. The molecule has 26 heavy (non-hydrogen) atoms. The summed E-state index contributed by atoms with van der Waals surface area (Å²) in [6, 6.07) is 12.3. The van der Waals surface area contributed by atoms with E-state index in [1.165, 1.54) is 0 Å². The molecular weight excluding hydrogens is 324 g/mol. The molecule has 2 heterocycles. The first-order chi connectivity index (χ1) is 12.5. The second-order valence-corrected chi connectivity index (χ2v) is 6.55. The van der Waals surface area contributed by atoms with E-state index < -0.39 is 0 Å². The topological polar surface area (TPSA) is 43.1 Å². The number of hydrogen-bond acceptors (Lipinski definition) is 2. The lowest BCUT2D eigenvalue weighted by atomic mass is 10.2. The number of para-hydroxylation sites is 1. The van der Waals surface area contributed by atoms with E-state index in [0.29, 0.717) is 6.54 Å². The van der Waals surface area contributed by atoms with Crippen LogP contribution in [0.2, 0.25) is 0 Å². The average Bonchev–Trinajstić information content (AvgIpc) is 3.15. The molecule has 134 valence electrons. The van der Waals surface area contributed by atoms with Crippen molar-refractivity contribution in [3.8, 4) is 5.69 Å². The van der Waals surface area contributed by atoms with Crippen LogP contribution in [0.4, 0.5) is 0 Å². The second-order valence-electron chi connectivity index (χ2n) is 6.55. The van der Waals surface area contributed by atoms with Gasteiger partial charge in [-0.1, -0.05) is 18.2 Å². The van der Waals surface area contributed by atoms with E-state index in [1.807, 2.05) is 37.5 Å². The number of rotatable bonds is 5. The predicted octanol–water partition coefficient (Wildman–Crippen LogP) is 3.50. The van der Waals surface area contributed by atoms with Gasteiger partial charge in [0.25, 0.3) is 0 Å². The highest BCUT2D eigenvalue weighted by molar-refractivity contribution is 5.91. The van der Waals surface area contributed by atoms with Gasteiger partial charge in [0.1, 0.15) is 0 Å².